The number of halogens is 1. The first-order valence-corrected chi connectivity index (χ1v) is 8.44. The average molecular weight is 360 g/mol. The van der Waals surface area contributed by atoms with E-state index in [1.54, 1.807) is 0 Å². The summed E-state index contributed by atoms with van der Waals surface area (Å²) in [6.07, 6.45) is 7.52. The zero-order valence-corrected chi connectivity index (χ0v) is 12.8. The molecule has 2 aromatic rings. The van der Waals surface area contributed by atoms with Gasteiger partial charge in [-0.25, -0.2) is 0 Å². The molecule has 1 aliphatic carbocycles. The third-order valence-corrected chi connectivity index (χ3v) is 7.62. The topological polar surface area (TPSA) is 24.3 Å². The Morgan fingerprint density at radius 3 is 2.71 bits per heavy atom. The van der Waals surface area contributed by atoms with Gasteiger partial charge in [-0.15, -0.1) is 0 Å². The fourth-order valence-corrected chi connectivity index (χ4v) is 6.30. The molecule has 0 radical (unpaired) electrons. The molecule has 90 valence electrons. The molecule has 3 rings (SSSR count). The molecule has 1 N–H and O–H groups in total. The van der Waals surface area contributed by atoms with Crippen molar-refractivity contribution in [1.82, 2.24) is 0 Å². The summed E-state index contributed by atoms with van der Waals surface area (Å²) in [6, 6.07) is 6.22. The van der Waals surface area contributed by atoms with Crippen molar-refractivity contribution in [3.63, 3.8) is 0 Å². The van der Waals surface area contributed by atoms with Crippen molar-refractivity contribution < 1.29 is 8.50 Å². The molecule has 0 unspecified atom stereocenters. The van der Waals surface area contributed by atoms with Crippen LogP contribution in [0.4, 0.5) is 0 Å². The van der Waals surface area contributed by atoms with Gasteiger partial charge in [-0.1, -0.05) is 0 Å². The number of aliphatic hydroxyl groups is 1. The molecule has 1 aliphatic rings. The van der Waals surface area contributed by atoms with E-state index in [9.17, 15) is 5.11 Å². The van der Waals surface area contributed by atoms with E-state index in [1.807, 2.05) is 0 Å². The molecule has 0 atom stereocenters. The van der Waals surface area contributed by atoms with E-state index in [1.165, 1.54) is 16.4 Å². The zero-order chi connectivity index (χ0) is 11.9. The van der Waals surface area contributed by atoms with Gasteiger partial charge in [-0.3, -0.25) is 0 Å². The van der Waals surface area contributed by atoms with Crippen molar-refractivity contribution >= 4 is 36.2 Å². The number of hydrogen-bond acceptors (Lipinski definition) is 1. The Bertz CT molecular complexity index is 545. The molecule has 2 nitrogen and oxygen atoms in total. The van der Waals surface area contributed by atoms with Crippen molar-refractivity contribution in [3.05, 3.63) is 33.3 Å². The number of hydrogen-bond donors (Lipinski definition) is 1. The Hall–Kier alpha value is -0.151. The maximum absolute atomic E-state index is 10.8. The molecule has 0 aliphatic heterocycles. The van der Waals surface area contributed by atoms with Gasteiger partial charge >= 0.3 is 116 Å². The summed E-state index contributed by atoms with van der Waals surface area (Å²) < 4.78 is 4.62. The van der Waals surface area contributed by atoms with Gasteiger partial charge in [0.1, 0.15) is 0 Å². The normalized spacial score (nSPS) is 19.6. The number of pyridine rings is 1. The molecule has 4 heteroatoms. The van der Waals surface area contributed by atoms with Gasteiger partial charge in [-0.05, 0) is 0 Å². The maximum atomic E-state index is 10.8. The van der Waals surface area contributed by atoms with Crippen LogP contribution in [0.3, 0.4) is 0 Å². The zero-order valence-electron chi connectivity index (χ0n) is 9.53. The summed E-state index contributed by atoms with van der Waals surface area (Å²) in [7, 11) is 0. The van der Waals surface area contributed by atoms with E-state index in [-0.39, 0.29) is 14.7 Å². The third kappa shape index (κ3) is 2.01. The fraction of sp³-hybridized carbons (Fsp3) is 0.462. The molecule has 0 aromatic carbocycles. The molecule has 0 saturated heterocycles. The van der Waals surface area contributed by atoms with Gasteiger partial charge in [0.2, 0.25) is 0 Å². The Kier molecular flexibility index (Phi) is 3.16. The van der Waals surface area contributed by atoms with Crippen molar-refractivity contribution in [2.24, 2.45) is 0 Å². The Balaban J connectivity index is 2.13. The molecule has 2 heterocycles. The van der Waals surface area contributed by atoms with Crippen LogP contribution in [0.1, 0.15) is 36.5 Å². The molecule has 0 spiro atoms. The van der Waals surface area contributed by atoms with E-state index in [0.717, 1.165) is 30.2 Å². The first kappa shape index (κ1) is 11.9. The van der Waals surface area contributed by atoms with Gasteiger partial charge in [0.15, 0.2) is 0 Å². The van der Waals surface area contributed by atoms with E-state index >= 15 is 0 Å². The third-order valence-electron chi connectivity index (χ3n) is 3.54. The van der Waals surface area contributed by atoms with Gasteiger partial charge in [0, 0.05) is 0 Å². The van der Waals surface area contributed by atoms with Crippen molar-refractivity contribution in [1.29, 1.82) is 0 Å². The number of fused-ring (bicyclic) bond motifs is 1. The predicted octanol–water partition coefficient (Wildman–Crippen LogP) is 2.40. The summed E-state index contributed by atoms with van der Waals surface area (Å²) in [4.78, 5) is 0. The van der Waals surface area contributed by atoms with E-state index in [4.69, 9.17) is 0 Å². The Labute approximate surface area is 115 Å². The van der Waals surface area contributed by atoms with E-state index in [2.05, 4.69) is 43.7 Å². The second-order valence-electron chi connectivity index (χ2n) is 4.74. The summed E-state index contributed by atoms with van der Waals surface area (Å²) in [5.41, 5.74) is 0.657. The van der Waals surface area contributed by atoms with Gasteiger partial charge in [-0.2, -0.15) is 0 Å². The van der Waals surface area contributed by atoms with Crippen LogP contribution < -0.4 is 3.40 Å². The molecule has 17 heavy (non-hydrogen) atoms. The standard InChI is InChI=1S/C13H15BrNOSe/c14-11-10-6-2-5-9-15(10)17-12(11)13(16)7-3-1-4-8-13/h2,5-6,9,16H,1,3-4,7-8H2/q+1. The second-order valence-corrected chi connectivity index (χ2v) is 7.60. The number of aromatic nitrogens is 1. The van der Waals surface area contributed by atoms with Crippen LogP contribution in [0.5, 0.6) is 0 Å². The second kappa shape index (κ2) is 4.51. The number of rotatable bonds is 1. The number of nitrogens with zero attached hydrogens (tertiary/aromatic N) is 1. The van der Waals surface area contributed by atoms with E-state index < -0.39 is 5.60 Å². The van der Waals surface area contributed by atoms with Crippen LogP contribution in [0, 0.1) is 0 Å². The minimum absolute atomic E-state index is 0.210. The molecule has 0 amide bonds. The first-order chi connectivity index (χ1) is 8.21. The van der Waals surface area contributed by atoms with Crippen molar-refractivity contribution in [2.45, 2.75) is 37.7 Å². The monoisotopic (exact) mass is 360 g/mol. The van der Waals surface area contributed by atoms with Crippen molar-refractivity contribution in [3.8, 4) is 0 Å². The van der Waals surface area contributed by atoms with Gasteiger partial charge in [0.05, 0.1) is 0 Å². The molecular formula is C13H15BrNOSe+. The summed E-state index contributed by atoms with van der Waals surface area (Å²) in [6.45, 7) is 0. The van der Waals surface area contributed by atoms with Crippen LogP contribution in [-0.2, 0) is 5.60 Å². The van der Waals surface area contributed by atoms with Gasteiger partial charge < -0.3 is 0 Å². The predicted molar refractivity (Wildman–Crippen MR) is 71.2 cm³/mol. The molecule has 1 fully saturated rings. The molecule has 1 saturated carbocycles. The van der Waals surface area contributed by atoms with Crippen LogP contribution in [0.2, 0.25) is 0 Å². The molecule has 0 bridgehead atoms. The summed E-state index contributed by atoms with van der Waals surface area (Å²) in [5, 5.41) is 10.8. The average Bonchev–Trinajstić information content (AvgIpc) is 2.69. The minimum atomic E-state index is -0.552. The Morgan fingerprint density at radius 1 is 1.24 bits per heavy atom. The van der Waals surface area contributed by atoms with Crippen LogP contribution in [0.15, 0.2) is 28.9 Å². The SMILES string of the molecule is OC1(c2[se][n+]3ccccc3c2Br)CCCCC1. The molecule has 2 aromatic heterocycles. The van der Waals surface area contributed by atoms with E-state index in [0.29, 0.717) is 0 Å². The summed E-state index contributed by atoms with van der Waals surface area (Å²) >= 11 is 3.90. The fourth-order valence-electron chi connectivity index (χ4n) is 2.59. The van der Waals surface area contributed by atoms with Gasteiger partial charge in [0.25, 0.3) is 0 Å². The Morgan fingerprint density at radius 2 is 2.00 bits per heavy atom. The van der Waals surface area contributed by atoms with Crippen molar-refractivity contribution in [2.75, 3.05) is 0 Å². The quantitative estimate of drug-likeness (QED) is 0.777. The van der Waals surface area contributed by atoms with Crippen LogP contribution in [0.25, 0.3) is 5.52 Å². The summed E-state index contributed by atoms with van der Waals surface area (Å²) in [5.74, 6) is 0. The molecular weight excluding hydrogens is 345 g/mol. The first-order valence-electron chi connectivity index (χ1n) is 6.03. The van der Waals surface area contributed by atoms with Crippen LogP contribution in [-0.4, -0.2) is 19.8 Å². The van der Waals surface area contributed by atoms with Crippen LogP contribution >= 0.6 is 15.9 Å².